The molecule has 8 heteroatoms. The van der Waals surface area contributed by atoms with Gasteiger partial charge in [-0.2, -0.15) is 0 Å². The van der Waals surface area contributed by atoms with Gasteiger partial charge >= 0.3 is 0 Å². The van der Waals surface area contributed by atoms with Crippen LogP contribution in [0.4, 0.5) is 11.4 Å². The lowest BCUT2D eigenvalue weighted by Gasteiger charge is -2.11. The van der Waals surface area contributed by atoms with E-state index in [1.807, 2.05) is 0 Å². The van der Waals surface area contributed by atoms with Crippen LogP contribution in [0.5, 0.6) is 11.5 Å². The topological polar surface area (TPSA) is 132 Å². The summed E-state index contributed by atoms with van der Waals surface area (Å²) in [5.74, 6) is -2.30. The van der Waals surface area contributed by atoms with Crippen LogP contribution in [0.25, 0.3) is 0 Å². The van der Waals surface area contributed by atoms with Gasteiger partial charge in [-0.25, -0.2) is 0 Å². The van der Waals surface area contributed by atoms with Crippen molar-refractivity contribution in [3.05, 3.63) is 32.4 Å². The summed E-state index contributed by atoms with van der Waals surface area (Å²) >= 11 is 0. The van der Waals surface area contributed by atoms with Crippen LogP contribution in [0.3, 0.4) is 0 Å². The van der Waals surface area contributed by atoms with E-state index in [4.69, 9.17) is 0 Å². The number of hydrogen-bond acceptors (Lipinski definition) is 6. The molecule has 0 aliphatic carbocycles. The van der Waals surface area contributed by atoms with Crippen LogP contribution in [0, 0.1) is 20.2 Å². The van der Waals surface area contributed by atoms with Gasteiger partial charge in [0.2, 0.25) is 0 Å². The zero-order valence-corrected chi connectivity index (χ0v) is 6.50. The minimum absolute atomic E-state index is 0.348. The maximum atomic E-state index is 10.9. The van der Waals surface area contributed by atoms with Gasteiger partial charge in [0.1, 0.15) is 0 Å². The molecule has 0 saturated carbocycles. The van der Waals surface area contributed by atoms with E-state index in [0.29, 0.717) is 12.1 Å². The fraction of sp³-hybridized carbons (Fsp3) is 0. The summed E-state index contributed by atoms with van der Waals surface area (Å²) < 4.78 is 0. The van der Waals surface area contributed by atoms with Crippen LogP contribution in [-0.4, -0.2) is 9.85 Å². The van der Waals surface area contributed by atoms with Gasteiger partial charge in [0, 0.05) is 12.1 Å². The number of nitrogens with zero attached hydrogens (tertiary/aromatic N) is 2. The van der Waals surface area contributed by atoms with E-state index in [-0.39, 0.29) is 0 Å². The Labute approximate surface area is 76.3 Å². The van der Waals surface area contributed by atoms with Gasteiger partial charge in [0.25, 0.3) is 11.4 Å². The molecule has 0 spiro atoms. The van der Waals surface area contributed by atoms with Crippen molar-refractivity contribution >= 4 is 11.4 Å². The molecular weight excluding hydrogens is 196 g/mol. The SMILES string of the molecule is O=[N+]([O-])c1cc([O-])c([N+](=O)[O-])cc1[O-]. The van der Waals surface area contributed by atoms with Gasteiger partial charge in [-0.05, 0) is 11.5 Å². The second-order valence-electron chi connectivity index (χ2n) is 2.30. The highest BCUT2D eigenvalue weighted by atomic mass is 16.6. The smallest absolute Gasteiger partial charge is 0.261 e. The van der Waals surface area contributed by atoms with Crippen LogP contribution < -0.4 is 10.2 Å². The summed E-state index contributed by atoms with van der Waals surface area (Å²) in [7, 11) is 0. The van der Waals surface area contributed by atoms with Crippen molar-refractivity contribution in [2.45, 2.75) is 0 Å². The normalized spacial score (nSPS) is 9.71. The predicted octanol–water partition coefficient (Wildman–Crippen LogP) is -0.350. The number of hydrogen-bond donors (Lipinski definition) is 0. The molecule has 1 rings (SSSR count). The summed E-state index contributed by atoms with van der Waals surface area (Å²) in [6.45, 7) is 0. The van der Waals surface area contributed by atoms with Crippen LogP contribution >= 0.6 is 0 Å². The first kappa shape index (κ1) is 9.71. The molecule has 0 aliphatic heterocycles. The Morgan fingerprint density at radius 2 is 1.14 bits per heavy atom. The van der Waals surface area contributed by atoms with E-state index in [1.54, 1.807) is 0 Å². The Morgan fingerprint density at radius 1 is 0.857 bits per heavy atom. The van der Waals surface area contributed by atoms with Crippen LogP contribution in [-0.2, 0) is 0 Å². The summed E-state index contributed by atoms with van der Waals surface area (Å²) in [4.78, 5) is 18.2. The molecule has 14 heavy (non-hydrogen) atoms. The Hall–Kier alpha value is -2.38. The van der Waals surface area contributed by atoms with Gasteiger partial charge < -0.3 is 10.2 Å². The van der Waals surface area contributed by atoms with Gasteiger partial charge in [0.15, 0.2) is 0 Å². The van der Waals surface area contributed by atoms with Gasteiger partial charge in [-0.3, -0.25) is 20.2 Å². The average Bonchev–Trinajstić information content (AvgIpc) is 2.07. The van der Waals surface area contributed by atoms with Crippen molar-refractivity contribution in [3.63, 3.8) is 0 Å². The fourth-order valence-corrected chi connectivity index (χ4v) is 0.824. The highest BCUT2D eigenvalue weighted by Crippen LogP contribution is 2.33. The lowest BCUT2D eigenvalue weighted by molar-refractivity contribution is -0.408. The monoisotopic (exact) mass is 198 g/mol. The van der Waals surface area contributed by atoms with Gasteiger partial charge in [-0.15, -0.1) is 0 Å². The van der Waals surface area contributed by atoms with Crippen molar-refractivity contribution < 1.29 is 20.1 Å². The van der Waals surface area contributed by atoms with Crippen molar-refractivity contribution in [3.8, 4) is 11.5 Å². The first-order valence-electron chi connectivity index (χ1n) is 3.24. The molecule has 74 valence electrons. The lowest BCUT2D eigenvalue weighted by atomic mass is 10.2. The van der Waals surface area contributed by atoms with Crippen molar-refractivity contribution in [1.82, 2.24) is 0 Å². The molecule has 0 heterocycles. The largest absolute Gasteiger partial charge is 0.868 e. The first-order valence-corrected chi connectivity index (χ1v) is 3.24. The Kier molecular flexibility index (Phi) is 2.19. The molecule has 0 unspecified atom stereocenters. The zero-order valence-electron chi connectivity index (χ0n) is 6.50. The van der Waals surface area contributed by atoms with Crippen molar-refractivity contribution in [2.24, 2.45) is 0 Å². The molecule has 0 bridgehead atoms. The highest BCUT2D eigenvalue weighted by Gasteiger charge is 2.13. The number of nitro benzene ring substituents is 2. The molecule has 0 radical (unpaired) electrons. The quantitative estimate of drug-likeness (QED) is 0.471. The fourth-order valence-electron chi connectivity index (χ4n) is 0.824. The third-order valence-corrected chi connectivity index (χ3v) is 1.43. The van der Waals surface area contributed by atoms with E-state index < -0.39 is 32.7 Å². The summed E-state index contributed by atoms with van der Waals surface area (Å²) in [6, 6.07) is 0.695. The summed E-state index contributed by atoms with van der Waals surface area (Å²) in [5, 5.41) is 42.0. The molecule has 0 aliphatic rings. The molecule has 0 N–H and O–H groups in total. The van der Waals surface area contributed by atoms with Gasteiger partial charge in [-0.1, -0.05) is 0 Å². The predicted molar refractivity (Wildman–Crippen MR) is 38.6 cm³/mol. The maximum Gasteiger partial charge on any atom is 0.261 e. The lowest BCUT2D eigenvalue weighted by Crippen LogP contribution is -2.03. The molecule has 0 amide bonds. The standard InChI is InChI=1S/C6H4N2O6/c9-5-1-3(7(11)12)6(10)2-4(5)8(13)14/h1-2,9-10H/p-2. The number of rotatable bonds is 2. The molecule has 0 fully saturated rings. The van der Waals surface area contributed by atoms with E-state index in [0.717, 1.165) is 0 Å². The third kappa shape index (κ3) is 1.53. The summed E-state index contributed by atoms with van der Waals surface area (Å²) in [5.41, 5.74) is -1.92. The Morgan fingerprint density at radius 3 is 1.36 bits per heavy atom. The van der Waals surface area contributed by atoms with E-state index in [2.05, 4.69) is 0 Å². The van der Waals surface area contributed by atoms with E-state index in [9.17, 15) is 30.4 Å². The Balaban J connectivity index is 3.38. The molecule has 1 aromatic carbocycles. The van der Waals surface area contributed by atoms with Crippen molar-refractivity contribution in [2.75, 3.05) is 0 Å². The highest BCUT2D eigenvalue weighted by molar-refractivity contribution is 5.58. The second-order valence-corrected chi connectivity index (χ2v) is 2.30. The molecule has 0 aromatic heterocycles. The van der Waals surface area contributed by atoms with Crippen LogP contribution in [0.2, 0.25) is 0 Å². The van der Waals surface area contributed by atoms with Crippen molar-refractivity contribution in [1.29, 1.82) is 0 Å². The van der Waals surface area contributed by atoms with Gasteiger partial charge in [0.05, 0.1) is 9.85 Å². The molecule has 0 atom stereocenters. The number of nitro groups is 2. The van der Waals surface area contributed by atoms with Crippen LogP contribution in [0.1, 0.15) is 0 Å². The first-order chi connectivity index (χ1) is 6.43. The molecule has 1 aromatic rings. The zero-order chi connectivity index (χ0) is 10.9. The summed E-state index contributed by atoms with van der Waals surface area (Å²) in [6.07, 6.45) is 0. The second kappa shape index (κ2) is 3.17. The molecular formula is C6H2N2O6-2. The minimum atomic E-state index is -1.15. The molecule has 8 nitrogen and oxygen atoms in total. The average molecular weight is 198 g/mol. The van der Waals surface area contributed by atoms with E-state index in [1.165, 1.54) is 0 Å². The third-order valence-electron chi connectivity index (χ3n) is 1.43. The molecule has 0 saturated heterocycles. The minimum Gasteiger partial charge on any atom is -0.868 e. The number of benzene rings is 1. The maximum absolute atomic E-state index is 10.9. The Bertz CT molecular complexity index is 375. The van der Waals surface area contributed by atoms with E-state index >= 15 is 0 Å². The van der Waals surface area contributed by atoms with Crippen LogP contribution in [0.15, 0.2) is 12.1 Å².